The minimum atomic E-state index is 1.08. The van der Waals surface area contributed by atoms with E-state index in [9.17, 15) is 0 Å². The van der Waals surface area contributed by atoms with Crippen LogP contribution in [-0.4, -0.2) is 7.05 Å². The van der Waals surface area contributed by atoms with Crippen molar-refractivity contribution < 1.29 is 0 Å². The standard InChI is InChI=1S/C33H27NS.C14H15N/c1-22-10-9-15-26(20-22)34(25-13-3-2-4-14-25)29-21-24-12-6-8-17-28(24)32-31-27-16-7-5-11-23(27)18-19-30(31)35-33(29)32;1-12-7-6-10-14(11-12)15(2)13-8-4-3-5-9-13/h3,5-17,20-21H,2,4,18-19H2,1H3;3-11H,1-2H3. The van der Waals surface area contributed by atoms with Crippen molar-refractivity contribution in [2.24, 2.45) is 0 Å². The normalized spacial score (nSPS) is 13.2. The molecule has 7 aromatic rings. The molecule has 1 aromatic heterocycles. The van der Waals surface area contributed by atoms with Crippen LogP contribution in [0.1, 0.15) is 34.4 Å². The number of thiophene rings is 1. The third kappa shape index (κ3) is 6.14. The quantitative estimate of drug-likeness (QED) is 0.180. The number of rotatable bonds is 5. The summed E-state index contributed by atoms with van der Waals surface area (Å²) >= 11 is 2.00. The highest BCUT2D eigenvalue weighted by Gasteiger charge is 2.26. The van der Waals surface area contributed by atoms with Gasteiger partial charge in [-0.3, -0.25) is 0 Å². The van der Waals surface area contributed by atoms with Crippen molar-refractivity contribution in [3.63, 3.8) is 0 Å². The lowest BCUT2D eigenvalue weighted by Crippen LogP contribution is -2.16. The van der Waals surface area contributed by atoms with E-state index in [2.05, 4.69) is 176 Å². The topological polar surface area (TPSA) is 6.48 Å². The molecular weight excluding hydrogens is 625 g/mol. The van der Waals surface area contributed by atoms with Gasteiger partial charge in [-0.2, -0.15) is 0 Å². The zero-order valence-electron chi connectivity index (χ0n) is 29.1. The molecule has 0 amide bonds. The van der Waals surface area contributed by atoms with E-state index in [0.29, 0.717) is 0 Å². The molecule has 50 heavy (non-hydrogen) atoms. The summed E-state index contributed by atoms with van der Waals surface area (Å²) in [6, 6.07) is 48.2. The number of fused-ring (bicyclic) bond motifs is 7. The lowest BCUT2D eigenvalue weighted by atomic mass is 9.87. The van der Waals surface area contributed by atoms with Crippen LogP contribution in [-0.2, 0) is 12.8 Å². The average molecular weight is 667 g/mol. The summed E-state index contributed by atoms with van der Waals surface area (Å²) in [5.74, 6) is 0. The van der Waals surface area contributed by atoms with Crippen LogP contribution in [0.3, 0.4) is 0 Å². The molecule has 0 radical (unpaired) electrons. The van der Waals surface area contributed by atoms with Crippen LogP contribution >= 0.6 is 11.3 Å². The van der Waals surface area contributed by atoms with Gasteiger partial charge in [-0.05, 0) is 121 Å². The molecule has 9 rings (SSSR count). The zero-order chi connectivity index (χ0) is 34.0. The van der Waals surface area contributed by atoms with Gasteiger partial charge in [0.1, 0.15) is 0 Å². The maximum atomic E-state index is 2.49. The van der Waals surface area contributed by atoms with E-state index in [4.69, 9.17) is 0 Å². The number of hydrogen-bond donors (Lipinski definition) is 0. The maximum Gasteiger partial charge on any atom is 0.0646 e. The molecule has 0 fully saturated rings. The van der Waals surface area contributed by atoms with Gasteiger partial charge in [0.2, 0.25) is 0 Å². The Bertz CT molecular complexity index is 2380. The summed E-state index contributed by atoms with van der Waals surface area (Å²) in [5, 5.41) is 4.08. The lowest BCUT2D eigenvalue weighted by Gasteiger charge is -2.29. The van der Waals surface area contributed by atoms with Gasteiger partial charge < -0.3 is 9.80 Å². The molecule has 0 saturated heterocycles. The van der Waals surface area contributed by atoms with Gasteiger partial charge in [0.25, 0.3) is 0 Å². The van der Waals surface area contributed by atoms with Crippen LogP contribution in [0.2, 0.25) is 0 Å². The van der Waals surface area contributed by atoms with Crippen molar-refractivity contribution in [3.05, 3.63) is 179 Å². The highest BCUT2D eigenvalue weighted by Crippen LogP contribution is 2.51. The molecular formula is C47H42N2S. The number of aryl methyl sites for hydroxylation is 4. The summed E-state index contributed by atoms with van der Waals surface area (Å²) in [6.45, 7) is 4.30. The maximum absolute atomic E-state index is 2.49. The SMILES string of the molecule is Cc1cccc(N(C)c2ccccc2)c1.Cc1cccc(N(C2=CCCC=C2)c2cc3ccccc3c3c4c(sc23)CCc2ccccc2-4)c1. The second-order valence-electron chi connectivity index (χ2n) is 13.4. The van der Waals surface area contributed by atoms with Crippen LogP contribution in [0.5, 0.6) is 0 Å². The summed E-state index contributed by atoms with van der Waals surface area (Å²) in [5.41, 5.74) is 13.1. The molecule has 0 saturated carbocycles. The Labute approximate surface area is 300 Å². The third-order valence-corrected chi connectivity index (χ3v) is 11.2. The van der Waals surface area contributed by atoms with Gasteiger partial charge in [0.05, 0.1) is 10.4 Å². The molecule has 2 nitrogen and oxygen atoms in total. The predicted octanol–water partition coefficient (Wildman–Crippen LogP) is 13.3. The van der Waals surface area contributed by atoms with Gasteiger partial charge in [-0.25, -0.2) is 0 Å². The predicted molar refractivity (Wildman–Crippen MR) is 218 cm³/mol. The first-order valence-electron chi connectivity index (χ1n) is 17.7. The number of allylic oxidation sites excluding steroid dienone is 3. The fourth-order valence-electron chi connectivity index (χ4n) is 7.43. The van der Waals surface area contributed by atoms with Crippen molar-refractivity contribution in [2.45, 2.75) is 39.5 Å². The Morgan fingerprint density at radius 3 is 2.10 bits per heavy atom. The Kier molecular flexibility index (Phi) is 8.83. The van der Waals surface area contributed by atoms with Crippen LogP contribution in [0, 0.1) is 13.8 Å². The second-order valence-corrected chi connectivity index (χ2v) is 14.5. The van der Waals surface area contributed by atoms with Crippen molar-refractivity contribution in [3.8, 4) is 11.1 Å². The fraction of sp³-hybridized carbons (Fsp3) is 0.149. The van der Waals surface area contributed by atoms with Crippen LogP contribution in [0.25, 0.3) is 32.0 Å². The molecule has 0 unspecified atom stereocenters. The molecule has 6 aromatic carbocycles. The third-order valence-electron chi connectivity index (χ3n) is 9.91. The summed E-state index contributed by atoms with van der Waals surface area (Å²) in [7, 11) is 2.09. The minimum Gasteiger partial charge on any atom is -0.345 e. The van der Waals surface area contributed by atoms with Crippen molar-refractivity contribution in [1.82, 2.24) is 0 Å². The first kappa shape index (κ1) is 31.9. The number of anilines is 4. The summed E-state index contributed by atoms with van der Waals surface area (Å²) < 4.78 is 1.40. The molecule has 2 aliphatic carbocycles. The molecule has 246 valence electrons. The monoisotopic (exact) mass is 666 g/mol. The Morgan fingerprint density at radius 2 is 1.32 bits per heavy atom. The molecule has 0 atom stereocenters. The van der Waals surface area contributed by atoms with Crippen molar-refractivity contribution >= 4 is 54.9 Å². The first-order valence-corrected chi connectivity index (χ1v) is 18.5. The van der Waals surface area contributed by atoms with Crippen LogP contribution in [0.4, 0.5) is 22.7 Å². The number of hydrogen-bond acceptors (Lipinski definition) is 3. The van der Waals surface area contributed by atoms with Gasteiger partial charge >= 0.3 is 0 Å². The minimum absolute atomic E-state index is 1.08. The smallest absolute Gasteiger partial charge is 0.0646 e. The van der Waals surface area contributed by atoms with E-state index in [1.165, 1.54) is 82.0 Å². The molecule has 0 N–H and O–H groups in total. The first-order chi connectivity index (χ1) is 24.5. The largest absolute Gasteiger partial charge is 0.345 e. The Hall–Kier alpha value is -5.38. The van der Waals surface area contributed by atoms with E-state index in [-0.39, 0.29) is 0 Å². The highest BCUT2D eigenvalue weighted by molar-refractivity contribution is 7.20. The molecule has 2 aliphatic rings. The van der Waals surface area contributed by atoms with Crippen LogP contribution in [0.15, 0.2) is 157 Å². The van der Waals surface area contributed by atoms with E-state index in [0.717, 1.165) is 25.7 Å². The molecule has 0 spiro atoms. The van der Waals surface area contributed by atoms with Gasteiger partial charge in [0.15, 0.2) is 0 Å². The van der Waals surface area contributed by atoms with E-state index >= 15 is 0 Å². The van der Waals surface area contributed by atoms with E-state index in [1.807, 2.05) is 17.4 Å². The number of nitrogens with zero attached hydrogens (tertiary/aromatic N) is 2. The van der Waals surface area contributed by atoms with E-state index < -0.39 is 0 Å². The van der Waals surface area contributed by atoms with Crippen molar-refractivity contribution in [1.29, 1.82) is 0 Å². The Balaban J connectivity index is 0.000000202. The zero-order valence-corrected chi connectivity index (χ0v) is 29.9. The van der Waals surface area contributed by atoms with Gasteiger partial charge in [-0.15, -0.1) is 11.3 Å². The average Bonchev–Trinajstić information content (AvgIpc) is 3.57. The second kappa shape index (κ2) is 13.9. The lowest BCUT2D eigenvalue weighted by molar-refractivity contribution is 0.965. The molecule has 0 aliphatic heterocycles. The summed E-state index contributed by atoms with van der Waals surface area (Å²) in [4.78, 5) is 6.20. The van der Waals surface area contributed by atoms with Crippen molar-refractivity contribution in [2.75, 3.05) is 16.8 Å². The molecule has 3 heteroatoms. The fourth-order valence-corrected chi connectivity index (χ4v) is 8.77. The van der Waals surface area contributed by atoms with Crippen LogP contribution < -0.4 is 9.80 Å². The van der Waals surface area contributed by atoms with Gasteiger partial charge in [0, 0.05) is 45.6 Å². The summed E-state index contributed by atoms with van der Waals surface area (Å²) in [6.07, 6.45) is 11.4. The Morgan fingerprint density at radius 1 is 0.620 bits per heavy atom. The highest BCUT2D eigenvalue weighted by atomic mass is 32.1. The number of benzene rings is 6. The number of para-hydroxylation sites is 1. The molecule has 0 bridgehead atoms. The van der Waals surface area contributed by atoms with E-state index in [1.54, 1.807) is 0 Å². The molecule has 1 heterocycles. The van der Waals surface area contributed by atoms with Gasteiger partial charge in [-0.1, -0.05) is 103 Å².